The third-order valence-electron chi connectivity index (χ3n) is 1.98. The molecular weight excluding hydrogens is 222 g/mol. The number of hydrogen-bond donors (Lipinski definition) is 2. The van der Waals surface area contributed by atoms with Gasteiger partial charge in [-0.3, -0.25) is 4.79 Å². The highest BCUT2D eigenvalue weighted by molar-refractivity contribution is 5.89. The van der Waals surface area contributed by atoms with Crippen molar-refractivity contribution in [1.29, 1.82) is 0 Å². The number of rotatable bonds is 5. The second kappa shape index (κ2) is 6.47. The summed E-state index contributed by atoms with van der Waals surface area (Å²) >= 11 is 0. The van der Waals surface area contributed by atoms with Crippen LogP contribution in [0.3, 0.4) is 0 Å². The average Bonchev–Trinajstić information content (AvgIpc) is 2.36. The first-order valence-corrected chi connectivity index (χ1v) is 5.25. The Morgan fingerprint density at radius 3 is 2.71 bits per heavy atom. The van der Waals surface area contributed by atoms with Gasteiger partial charge in [0.15, 0.2) is 0 Å². The van der Waals surface area contributed by atoms with Gasteiger partial charge in [0.1, 0.15) is 5.82 Å². The van der Waals surface area contributed by atoms with Gasteiger partial charge in [-0.1, -0.05) is 0 Å². The molecule has 0 radical (unpaired) electrons. The van der Waals surface area contributed by atoms with Crippen molar-refractivity contribution in [3.05, 3.63) is 23.9 Å². The number of esters is 1. The van der Waals surface area contributed by atoms with Crippen LogP contribution in [0.5, 0.6) is 0 Å². The Bertz CT molecular complexity index is 389. The second-order valence-electron chi connectivity index (χ2n) is 3.18. The van der Waals surface area contributed by atoms with Crippen LogP contribution in [0.15, 0.2) is 18.3 Å². The van der Waals surface area contributed by atoms with Crippen molar-refractivity contribution in [3.63, 3.8) is 0 Å². The number of anilines is 1. The monoisotopic (exact) mass is 237 g/mol. The van der Waals surface area contributed by atoms with Crippen LogP contribution in [-0.2, 0) is 9.53 Å². The van der Waals surface area contributed by atoms with E-state index in [1.807, 2.05) is 0 Å². The van der Waals surface area contributed by atoms with E-state index in [2.05, 4.69) is 15.6 Å². The molecule has 0 atom stereocenters. The van der Waals surface area contributed by atoms with Crippen LogP contribution >= 0.6 is 0 Å². The molecule has 0 bridgehead atoms. The summed E-state index contributed by atoms with van der Waals surface area (Å²) in [6.45, 7) is 2.21. The third-order valence-corrected chi connectivity index (χ3v) is 1.98. The van der Waals surface area contributed by atoms with Gasteiger partial charge in [-0.05, 0) is 19.1 Å². The Morgan fingerprint density at radius 2 is 2.18 bits per heavy atom. The molecule has 0 unspecified atom stereocenters. The zero-order chi connectivity index (χ0) is 12.7. The molecule has 1 rings (SSSR count). The van der Waals surface area contributed by atoms with E-state index in [0.717, 1.165) is 0 Å². The Balaban J connectivity index is 2.56. The first-order chi connectivity index (χ1) is 8.17. The lowest BCUT2D eigenvalue weighted by Crippen LogP contribution is -2.26. The van der Waals surface area contributed by atoms with E-state index in [1.54, 1.807) is 26.1 Å². The summed E-state index contributed by atoms with van der Waals surface area (Å²) in [4.78, 5) is 26.3. The van der Waals surface area contributed by atoms with Crippen molar-refractivity contribution in [1.82, 2.24) is 10.3 Å². The van der Waals surface area contributed by atoms with E-state index in [9.17, 15) is 9.59 Å². The Hall–Kier alpha value is -2.11. The van der Waals surface area contributed by atoms with E-state index in [-0.39, 0.29) is 12.5 Å². The first kappa shape index (κ1) is 13.0. The van der Waals surface area contributed by atoms with E-state index >= 15 is 0 Å². The minimum Gasteiger partial charge on any atom is -0.462 e. The molecule has 1 aromatic heterocycles. The maximum Gasteiger partial charge on any atom is 0.339 e. The highest BCUT2D eigenvalue weighted by Gasteiger charge is 2.06. The highest BCUT2D eigenvalue weighted by Crippen LogP contribution is 2.05. The van der Waals surface area contributed by atoms with Crippen LogP contribution in [-0.4, -0.2) is 37.1 Å². The molecule has 2 N–H and O–H groups in total. The summed E-state index contributed by atoms with van der Waals surface area (Å²) in [5, 5.41) is 5.30. The number of carbonyl (C=O) groups is 2. The van der Waals surface area contributed by atoms with Gasteiger partial charge in [-0.2, -0.15) is 0 Å². The molecule has 17 heavy (non-hydrogen) atoms. The van der Waals surface area contributed by atoms with Crippen LogP contribution < -0.4 is 10.6 Å². The number of hydrogen-bond acceptors (Lipinski definition) is 5. The number of ether oxygens (including phenoxy) is 1. The lowest BCUT2D eigenvalue weighted by Gasteiger charge is -2.05. The maximum atomic E-state index is 11.3. The molecule has 0 spiro atoms. The van der Waals surface area contributed by atoms with Crippen molar-refractivity contribution in [3.8, 4) is 0 Å². The molecule has 1 amide bonds. The largest absolute Gasteiger partial charge is 0.462 e. The number of likely N-dealkylation sites (N-methyl/N-ethyl adjacent to an activating group) is 1. The van der Waals surface area contributed by atoms with E-state index in [0.29, 0.717) is 18.0 Å². The third kappa shape index (κ3) is 4.10. The molecule has 0 aromatic carbocycles. The second-order valence-corrected chi connectivity index (χ2v) is 3.18. The molecule has 1 aromatic rings. The van der Waals surface area contributed by atoms with Crippen molar-refractivity contribution in [2.45, 2.75) is 6.92 Å². The fourth-order valence-electron chi connectivity index (χ4n) is 1.09. The number of pyridine rings is 1. The van der Waals surface area contributed by atoms with Crippen LogP contribution in [0.25, 0.3) is 0 Å². The van der Waals surface area contributed by atoms with E-state index in [1.165, 1.54) is 6.20 Å². The molecule has 6 nitrogen and oxygen atoms in total. The molecule has 1 heterocycles. The number of carbonyl (C=O) groups excluding carboxylic acids is 2. The predicted octanol–water partition coefficient (Wildman–Crippen LogP) is 0.416. The fraction of sp³-hybridized carbons (Fsp3) is 0.364. The first-order valence-electron chi connectivity index (χ1n) is 5.25. The molecule has 0 fully saturated rings. The van der Waals surface area contributed by atoms with Gasteiger partial charge >= 0.3 is 5.97 Å². The predicted molar refractivity (Wildman–Crippen MR) is 62.7 cm³/mol. The van der Waals surface area contributed by atoms with Gasteiger partial charge in [0.05, 0.1) is 18.7 Å². The van der Waals surface area contributed by atoms with Crippen LogP contribution in [0.4, 0.5) is 5.82 Å². The van der Waals surface area contributed by atoms with Crippen LogP contribution in [0.2, 0.25) is 0 Å². The molecule has 92 valence electrons. The Labute approximate surface area is 99.4 Å². The molecule has 6 heteroatoms. The molecule has 0 saturated heterocycles. The van der Waals surface area contributed by atoms with E-state index < -0.39 is 5.97 Å². The maximum absolute atomic E-state index is 11.3. The lowest BCUT2D eigenvalue weighted by atomic mass is 10.3. The number of nitrogens with one attached hydrogen (secondary N) is 2. The summed E-state index contributed by atoms with van der Waals surface area (Å²) in [5.41, 5.74) is 0.386. The van der Waals surface area contributed by atoms with Crippen molar-refractivity contribution in [2.75, 3.05) is 25.5 Å². The zero-order valence-corrected chi connectivity index (χ0v) is 9.82. The van der Waals surface area contributed by atoms with Crippen LogP contribution in [0, 0.1) is 0 Å². The molecule has 0 aliphatic heterocycles. The van der Waals surface area contributed by atoms with Gasteiger partial charge in [-0.15, -0.1) is 0 Å². The molecule has 0 aliphatic carbocycles. The summed E-state index contributed by atoms with van der Waals surface area (Å²) in [6.07, 6.45) is 1.41. The smallest absolute Gasteiger partial charge is 0.339 e. The minimum absolute atomic E-state index is 0.138. The topological polar surface area (TPSA) is 80.3 Å². The van der Waals surface area contributed by atoms with Crippen molar-refractivity contribution in [2.24, 2.45) is 0 Å². The zero-order valence-electron chi connectivity index (χ0n) is 9.82. The SMILES string of the molecule is CCOC(=O)c1ccc(NCC(=O)NC)nc1. The normalized spacial score (nSPS) is 9.53. The summed E-state index contributed by atoms with van der Waals surface area (Å²) in [6, 6.07) is 3.21. The summed E-state index contributed by atoms with van der Waals surface area (Å²) in [7, 11) is 1.56. The quantitative estimate of drug-likeness (QED) is 0.725. The minimum atomic E-state index is -0.405. The molecular formula is C11H15N3O3. The van der Waals surface area contributed by atoms with Crippen molar-refractivity contribution < 1.29 is 14.3 Å². The van der Waals surface area contributed by atoms with Crippen molar-refractivity contribution >= 4 is 17.7 Å². The standard InChI is InChI=1S/C11H15N3O3/c1-3-17-11(16)8-4-5-9(13-6-8)14-7-10(15)12-2/h4-6H,3,7H2,1-2H3,(H,12,15)(H,13,14). The van der Waals surface area contributed by atoms with Gasteiger partial charge in [0.2, 0.25) is 5.91 Å². The highest BCUT2D eigenvalue weighted by atomic mass is 16.5. The lowest BCUT2D eigenvalue weighted by molar-refractivity contribution is -0.118. The summed E-state index contributed by atoms with van der Waals surface area (Å²) in [5.74, 6) is -0.0132. The Kier molecular flexibility index (Phi) is 4.93. The molecule has 0 saturated carbocycles. The van der Waals surface area contributed by atoms with Gasteiger partial charge in [-0.25, -0.2) is 9.78 Å². The Morgan fingerprint density at radius 1 is 1.41 bits per heavy atom. The fourth-order valence-corrected chi connectivity index (χ4v) is 1.09. The van der Waals surface area contributed by atoms with Gasteiger partial charge < -0.3 is 15.4 Å². The number of aromatic nitrogens is 1. The van der Waals surface area contributed by atoms with Gasteiger partial charge in [0, 0.05) is 13.2 Å². The number of amides is 1. The van der Waals surface area contributed by atoms with Gasteiger partial charge in [0.25, 0.3) is 0 Å². The summed E-state index contributed by atoms with van der Waals surface area (Å²) < 4.78 is 4.82. The molecule has 0 aliphatic rings. The van der Waals surface area contributed by atoms with Crippen LogP contribution in [0.1, 0.15) is 17.3 Å². The van der Waals surface area contributed by atoms with E-state index in [4.69, 9.17) is 4.74 Å². The number of nitrogens with zero attached hydrogens (tertiary/aromatic N) is 1. The average molecular weight is 237 g/mol.